The summed E-state index contributed by atoms with van der Waals surface area (Å²) in [7, 11) is 0. The standard InChI is InChI=1S/C15H19ClN2S/c1-2-17-9-13(8-15-10-18-11-19-15)7-12-3-5-14(16)6-4-12/h3-6,10-11,13,17H,2,7-9H2,1H3. The topological polar surface area (TPSA) is 24.9 Å². The molecule has 19 heavy (non-hydrogen) atoms. The van der Waals surface area contributed by atoms with E-state index in [0.29, 0.717) is 5.92 Å². The molecule has 2 rings (SSSR count). The van der Waals surface area contributed by atoms with Crippen LogP contribution in [-0.4, -0.2) is 18.1 Å². The Bertz CT molecular complexity index is 467. The van der Waals surface area contributed by atoms with Gasteiger partial charge in [-0.25, -0.2) is 0 Å². The Morgan fingerprint density at radius 3 is 2.68 bits per heavy atom. The summed E-state index contributed by atoms with van der Waals surface area (Å²) in [4.78, 5) is 5.51. The highest BCUT2D eigenvalue weighted by atomic mass is 35.5. The normalized spacial score (nSPS) is 12.5. The van der Waals surface area contributed by atoms with Crippen molar-refractivity contribution >= 4 is 22.9 Å². The summed E-state index contributed by atoms with van der Waals surface area (Å²) in [5.41, 5.74) is 3.25. The SMILES string of the molecule is CCNCC(Cc1ccc(Cl)cc1)Cc1cncs1. The summed E-state index contributed by atoms with van der Waals surface area (Å²) in [6.45, 7) is 4.20. The third kappa shape index (κ3) is 4.94. The molecule has 0 bridgehead atoms. The monoisotopic (exact) mass is 294 g/mol. The Morgan fingerprint density at radius 1 is 1.26 bits per heavy atom. The fourth-order valence-electron chi connectivity index (χ4n) is 2.15. The molecule has 0 spiro atoms. The number of rotatable bonds is 7. The average Bonchev–Trinajstić information content (AvgIpc) is 2.91. The number of nitrogens with one attached hydrogen (secondary N) is 1. The predicted octanol–water partition coefficient (Wildman–Crippen LogP) is 3.81. The molecule has 0 aliphatic heterocycles. The zero-order valence-electron chi connectivity index (χ0n) is 11.1. The minimum absolute atomic E-state index is 0.599. The van der Waals surface area contributed by atoms with Crippen molar-refractivity contribution in [3.8, 4) is 0 Å². The number of thiazole rings is 1. The van der Waals surface area contributed by atoms with Crippen molar-refractivity contribution in [1.82, 2.24) is 10.3 Å². The molecule has 4 heteroatoms. The highest BCUT2D eigenvalue weighted by Crippen LogP contribution is 2.18. The number of aromatic nitrogens is 1. The van der Waals surface area contributed by atoms with Crippen molar-refractivity contribution in [3.63, 3.8) is 0 Å². The maximum atomic E-state index is 5.93. The smallest absolute Gasteiger partial charge is 0.0794 e. The largest absolute Gasteiger partial charge is 0.317 e. The van der Waals surface area contributed by atoms with Crippen LogP contribution in [0, 0.1) is 5.92 Å². The van der Waals surface area contributed by atoms with E-state index in [9.17, 15) is 0 Å². The van der Waals surface area contributed by atoms with E-state index >= 15 is 0 Å². The van der Waals surface area contributed by atoms with Gasteiger partial charge in [0.25, 0.3) is 0 Å². The lowest BCUT2D eigenvalue weighted by molar-refractivity contribution is 0.481. The summed E-state index contributed by atoms with van der Waals surface area (Å²) >= 11 is 7.67. The second kappa shape index (κ2) is 7.63. The first-order valence-corrected chi connectivity index (χ1v) is 7.86. The first kappa shape index (κ1) is 14.5. The van der Waals surface area contributed by atoms with Gasteiger partial charge in [-0.1, -0.05) is 30.7 Å². The molecule has 0 saturated carbocycles. The van der Waals surface area contributed by atoms with Crippen molar-refractivity contribution in [2.75, 3.05) is 13.1 Å². The van der Waals surface area contributed by atoms with Gasteiger partial charge in [-0.15, -0.1) is 11.3 Å². The van der Waals surface area contributed by atoms with Crippen LogP contribution in [0.15, 0.2) is 36.0 Å². The van der Waals surface area contributed by atoms with Gasteiger partial charge in [0.15, 0.2) is 0 Å². The predicted molar refractivity (Wildman–Crippen MR) is 83.0 cm³/mol. The Hall–Kier alpha value is -0.900. The van der Waals surface area contributed by atoms with E-state index in [1.54, 1.807) is 11.3 Å². The van der Waals surface area contributed by atoms with E-state index in [1.807, 2.05) is 23.8 Å². The third-order valence-electron chi connectivity index (χ3n) is 3.09. The second-order valence-electron chi connectivity index (χ2n) is 4.68. The molecule has 0 radical (unpaired) electrons. The van der Waals surface area contributed by atoms with Crippen LogP contribution in [0.4, 0.5) is 0 Å². The van der Waals surface area contributed by atoms with Crippen LogP contribution in [0.2, 0.25) is 5.02 Å². The quantitative estimate of drug-likeness (QED) is 0.840. The molecule has 0 saturated heterocycles. The average molecular weight is 295 g/mol. The van der Waals surface area contributed by atoms with Gasteiger partial charge in [0.2, 0.25) is 0 Å². The van der Waals surface area contributed by atoms with Gasteiger partial charge < -0.3 is 5.32 Å². The van der Waals surface area contributed by atoms with Gasteiger partial charge in [-0.05, 0) is 49.5 Å². The highest BCUT2D eigenvalue weighted by molar-refractivity contribution is 7.09. The van der Waals surface area contributed by atoms with E-state index < -0.39 is 0 Å². The van der Waals surface area contributed by atoms with Crippen LogP contribution in [0.3, 0.4) is 0 Å². The molecule has 102 valence electrons. The van der Waals surface area contributed by atoms with E-state index in [2.05, 4.69) is 29.4 Å². The maximum Gasteiger partial charge on any atom is 0.0794 e. The van der Waals surface area contributed by atoms with Gasteiger partial charge in [-0.2, -0.15) is 0 Å². The zero-order chi connectivity index (χ0) is 13.5. The number of halogens is 1. The van der Waals surface area contributed by atoms with Gasteiger partial charge in [0.1, 0.15) is 0 Å². The lowest BCUT2D eigenvalue weighted by Crippen LogP contribution is -2.25. The van der Waals surface area contributed by atoms with E-state index in [4.69, 9.17) is 11.6 Å². The minimum atomic E-state index is 0.599. The summed E-state index contributed by atoms with van der Waals surface area (Å²) in [5, 5.41) is 4.25. The molecular formula is C15H19ClN2S. The summed E-state index contributed by atoms with van der Waals surface area (Å²) in [6, 6.07) is 8.17. The molecule has 1 unspecified atom stereocenters. The van der Waals surface area contributed by atoms with Crippen molar-refractivity contribution in [2.45, 2.75) is 19.8 Å². The van der Waals surface area contributed by atoms with Gasteiger partial charge in [0, 0.05) is 16.1 Å². The molecular weight excluding hydrogens is 276 g/mol. The van der Waals surface area contributed by atoms with Crippen LogP contribution in [0.25, 0.3) is 0 Å². The van der Waals surface area contributed by atoms with Crippen LogP contribution in [0.1, 0.15) is 17.4 Å². The molecule has 1 atom stereocenters. The minimum Gasteiger partial charge on any atom is -0.317 e. The van der Waals surface area contributed by atoms with Crippen LogP contribution in [-0.2, 0) is 12.8 Å². The highest BCUT2D eigenvalue weighted by Gasteiger charge is 2.11. The Kier molecular flexibility index (Phi) is 5.83. The Morgan fingerprint density at radius 2 is 2.05 bits per heavy atom. The van der Waals surface area contributed by atoms with E-state index in [1.165, 1.54) is 10.4 Å². The number of hydrogen-bond acceptors (Lipinski definition) is 3. The molecule has 0 aliphatic rings. The summed E-state index contributed by atoms with van der Waals surface area (Å²) in [6.07, 6.45) is 4.13. The number of benzene rings is 1. The molecule has 0 amide bonds. The van der Waals surface area contributed by atoms with Gasteiger partial charge in [-0.3, -0.25) is 4.98 Å². The molecule has 1 heterocycles. The lowest BCUT2D eigenvalue weighted by atomic mass is 9.95. The van der Waals surface area contributed by atoms with Crippen LogP contribution >= 0.6 is 22.9 Å². The lowest BCUT2D eigenvalue weighted by Gasteiger charge is -2.16. The molecule has 1 aromatic heterocycles. The summed E-state index contributed by atoms with van der Waals surface area (Å²) in [5.74, 6) is 0.599. The van der Waals surface area contributed by atoms with Crippen molar-refractivity contribution in [1.29, 1.82) is 0 Å². The first-order valence-electron chi connectivity index (χ1n) is 6.60. The van der Waals surface area contributed by atoms with Crippen LogP contribution in [0.5, 0.6) is 0 Å². The third-order valence-corrected chi connectivity index (χ3v) is 4.15. The van der Waals surface area contributed by atoms with E-state index in [-0.39, 0.29) is 0 Å². The van der Waals surface area contributed by atoms with E-state index in [0.717, 1.165) is 31.0 Å². The fraction of sp³-hybridized carbons (Fsp3) is 0.400. The van der Waals surface area contributed by atoms with Gasteiger partial charge >= 0.3 is 0 Å². The van der Waals surface area contributed by atoms with Gasteiger partial charge in [0.05, 0.1) is 5.51 Å². The molecule has 1 N–H and O–H groups in total. The van der Waals surface area contributed by atoms with Crippen molar-refractivity contribution in [2.24, 2.45) is 5.92 Å². The first-order chi connectivity index (χ1) is 9.28. The molecule has 0 aliphatic carbocycles. The number of nitrogens with zero attached hydrogens (tertiary/aromatic N) is 1. The molecule has 2 aromatic rings. The molecule has 2 nitrogen and oxygen atoms in total. The summed E-state index contributed by atoms with van der Waals surface area (Å²) < 4.78 is 0. The van der Waals surface area contributed by atoms with Crippen molar-refractivity contribution in [3.05, 3.63) is 51.4 Å². The molecule has 1 aromatic carbocycles. The fourth-order valence-corrected chi connectivity index (χ4v) is 2.98. The zero-order valence-corrected chi connectivity index (χ0v) is 12.7. The Labute approximate surface area is 123 Å². The second-order valence-corrected chi connectivity index (χ2v) is 6.08. The van der Waals surface area contributed by atoms with Crippen molar-refractivity contribution < 1.29 is 0 Å². The van der Waals surface area contributed by atoms with Crippen LogP contribution < -0.4 is 5.32 Å². The molecule has 0 fully saturated rings. The number of hydrogen-bond donors (Lipinski definition) is 1. The Balaban J connectivity index is 1.98. The maximum absolute atomic E-state index is 5.93.